The first kappa shape index (κ1) is 16.2. The highest BCUT2D eigenvalue weighted by Crippen LogP contribution is 2.39. The van der Waals surface area contributed by atoms with Gasteiger partial charge in [0.1, 0.15) is 30.2 Å². The Kier molecular flexibility index (Phi) is 4.06. The summed E-state index contributed by atoms with van der Waals surface area (Å²) in [6, 6.07) is 0. The number of aliphatic hydroxyl groups excluding tert-OH is 2. The molecule has 0 radical (unpaired) electrons. The summed E-state index contributed by atoms with van der Waals surface area (Å²) >= 11 is 0. The van der Waals surface area contributed by atoms with Crippen LogP contribution in [0.1, 0.15) is 6.23 Å². The van der Waals surface area contributed by atoms with Gasteiger partial charge < -0.3 is 39.6 Å². The molecule has 0 spiro atoms. The number of nitrogens with two attached hydrogens (primary N) is 1. The van der Waals surface area contributed by atoms with E-state index < -0.39 is 39.0 Å². The molecule has 3 rings (SSSR count). The average molecular weight is 345 g/mol. The number of nitrogens with zero attached hydrogens (tertiary/aromatic N) is 4. The molecule has 4 N–H and O–H groups in total. The van der Waals surface area contributed by atoms with Crippen molar-refractivity contribution in [2.45, 2.75) is 24.5 Å². The van der Waals surface area contributed by atoms with Gasteiger partial charge in [-0.2, -0.15) is 0 Å². The number of hydrogen-bond acceptors (Lipinski definition) is 11. The molecule has 0 aromatic carbocycles. The molecule has 1 fully saturated rings. The van der Waals surface area contributed by atoms with Crippen molar-refractivity contribution in [2.24, 2.45) is 0 Å². The van der Waals surface area contributed by atoms with Crippen LogP contribution in [0.3, 0.4) is 0 Å². The minimum atomic E-state index is -5.38. The van der Waals surface area contributed by atoms with Gasteiger partial charge in [-0.1, -0.05) is 0 Å². The Morgan fingerprint density at radius 2 is 2.17 bits per heavy atom. The fraction of sp³-hybridized carbons (Fsp3) is 0.500. The van der Waals surface area contributed by atoms with Gasteiger partial charge in [0.15, 0.2) is 17.7 Å². The maximum atomic E-state index is 10.8. The minimum absolute atomic E-state index is 0.108. The Balaban J connectivity index is 1.96. The first-order chi connectivity index (χ1) is 10.8. The van der Waals surface area contributed by atoms with Crippen LogP contribution in [-0.2, 0) is 13.8 Å². The van der Waals surface area contributed by atoms with E-state index >= 15 is 0 Å². The standard InChI is InChI=1S/C10H14N5O7P/c11-8-5-9(13-2-12-8)15(3-14-5)10-6(17)7(4(1-16)21-10)22-23(18,19)20/h2-4,6-7,10,16-17H,1H2,(H2,11,12,13)(H2,18,19,20)/p-2/t4-,6-,7-,10-/m1/s1. The highest BCUT2D eigenvalue weighted by atomic mass is 31.2. The molecule has 0 aliphatic carbocycles. The number of fused-ring (bicyclic) bond motifs is 1. The SMILES string of the molecule is Nc1ncnc2c1ncn2[C@@H]1O[C@H](CO)[C@@H](OP(=O)([O-])[O-])[C@H]1O. The summed E-state index contributed by atoms with van der Waals surface area (Å²) < 4.78 is 21.7. The van der Waals surface area contributed by atoms with Crippen LogP contribution >= 0.6 is 7.82 Å². The number of aromatic nitrogens is 4. The summed E-state index contributed by atoms with van der Waals surface area (Å²) in [7, 11) is -5.38. The van der Waals surface area contributed by atoms with Crippen molar-refractivity contribution in [1.29, 1.82) is 0 Å². The second-order valence-corrected chi connectivity index (χ2v) is 5.94. The number of ether oxygens (including phenoxy) is 1. The summed E-state index contributed by atoms with van der Waals surface area (Å²) in [5.41, 5.74) is 6.14. The largest absolute Gasteiger partial charge is 0.790 e. The molecule has 1 saturated heterocycles. The van der Waals surface area contributed by atoms with Crippen LogP contribution < -0.4 is 15.5 Å². The van der Waals surface area contributed by atoms with Crippen molar-refractivity contribution in [2.75, 3.05) is 12.3 Å². The Bertz CT molecular complexity index is 763. The molecule has 0 bridgehead atoms. The first-order valence-corrected chi connectivity index (χ1v) is 7.85. The Morgan fingerprint density at radius 3 is 2.83 bits per heavy atom. The van der Waals surface area contributed by atoms with E-state index in [4.69, 9.17) is 10.5 Å². The second kappa shape index (κ2) is 5.76. The molecule has 1 aliphatic rings. The summed E-state index contributed by atoms with van der Waals surface area (Å²) in [4.78, 5) is 33.3. The van der Waals surface area contributed by atoms with E-state index in [1.54, 1.807) is 0 Å². The van der Waals surface area contributed by atoms with Gasteiger partial charge in [0.05, 0.1) is 20.8 Å². The van der Waals surface area contributed by atoms with E-state index in [1.807, 2.05) is 0 Å². The third kappa shape index (κ3) is 2.93. The van der Waals surface area contributed by atoms with Crippen LogP contribution in [0.4, 0.5) is 5.82 Å². The number of imidazole rings is 1. The average Bonchev–Trinajstić information content (AvgIpc) is 3.01. The predicted octanol–water partition coefficient (Wildman–Crippen LogP) is -3.13. The lowest BCUT2D eigenvalue weighted by molar-refractivity contribution is -0.347. The van der Waals surface area contributed by atoms with Crippen LogP contribution in [-0.4, -0.2) is 54.7 Å². The van der Waals surface area contributed by atoms with E-state index in [0.717, 1.165) is 0 Å². The molecule has 2 aromatic heterocycles. The van der Waals surface area contributed by atoms with Crippen molar-refractivity contribution in [3.05, 3.63) is 12.7 Å². The van der Waals surface area contributed by atoms with Gasteiger partial charge in [0.2, 0.25) is 0 Å². The van der Waals surface area contributed by atoms with Gasteiger partial charge in [0, 0.05) is 0 Å². The molecular weight excluding hydrogens is 333 g/mol. The summed E-state index contributed by atoms with van der Waals surface area (Å²) in [6.45, 7) is -0.665. The predicted molar refractivity (Wildman–Crippen MR) is 69.2 cm³/mol. The summed E-state index contributed by atoms with van der Waals surface area (Å²) in [5.74, 6) is 0.108. The molecule has 1 aliphatic heterocycles. The number of aliphatic hydroxyl groups is 2. The fourth-order valence-corrected chi connectivity index (χ4v) is 2.99. The Labute approximate surface area is 128 Å². The molecule has 0 amide bonds. The van der Waals surface area contributed by atoms with Crippen molar-refractivity contribution in [3.63, 3.8) is 0 Å². The molecule has 4 atom stereocenters. The molecule has 13 heteroatoms. The van der Waals surface area contributed by atoms with E-state index in [-0.39, 0.29) is 17.0 Å². The number of nitrogen functional groups attached to an aromatic ring is 1. The van der Waals surface area contributed by atoms with E-state index in [0.29, 0.717) is 0 Å². The second-order valence-electron chi connectivity index (χ2n) is 4.84. The maximum Gasteiger partial charge on any atom is 0.167 e. The third-order valence-electron chi connectivity index (χ3n) is 3.40. The molecular formula is C10H12N5O7P-2. The number of phosphoric ester groups is 1. The van der Waals surface area contributed by atoms with Crippen LogP contribution in [0.2, 0.25) is 0 Å². The lowest BCUT2D eigenvalue weighted by atomic mass is 10.1. The van der Waals surface area contributed by atoms with Gasteiger partial charge in [-0.3, -0.25) is 4.57 Å². The zero-order chi connectivity index (χ0) is 16.8. The highest BCUT2D eigenvalue weighted by Gasteiger charge is 2.46. The van der Waals surface area contributed by atoms with Gasteiger partial charge in [0.25, 0.3) is 0 Å². The highest BCUT2D eigenvalue weighted by molar-refractivity contribution is 7.43. The molecule has 12 nitrogen and oxygen atoms in total. The first-order valence-electron chi connectivity index (χ1n) is 6.39. The van der Waals surface area contributed by atoms with E-state index in [2.05, 4.69) is 19.5 Å². The van der Waals surface area contributed by atoms with Crippen LogP contribution in [0.25, 0.3) is 11.2 Å². The smallest absolute Gasteiger partial charge is 0.167 e. The molecule has 3 heterocycles. The monoisotopic (exact) mass is 345 g/mol. The van der Waals surface area contributed by atoms with Crippen molar-refractivity contribution in [3.8, 4) is 0 Å². The lowest BCUT2D eigenvalue weighted by Gasteiger charge is -2.34. The summed E-state index contributed by atoms with van der Waals surface area (Å²) in [6.07, 6.45) is -3.07. The minimum Gasteiger partial charge on any atom is -0.790 e. The quantitative estimate of drug-likeness (QED) is 0.474. The Hall–Kier alpha value is -1.66. The van der Waals surface area contributed by atoms with Gasteiger partial charge in [-0.25, -0.2) is 15.0 Å². The number of rotatable bonds is 4. The zero-order valence-electron chi connectivity index (χ0n) is 11.4. The van der Waals surface area contributed by atoms with Crippen LogP contribution in [0.5, 0.6) is 0 Å². The van der Waals surface area contributed by atoms with Crippen LogP contribution in [0.15, 0.2) is 12.7 Å². The third-order valence-corrected chi connectivity index (χ3v) is 3.90. The van der Waals surface area contributed by atoms with Gasteiger partial charge in [-0.15, -0.1) is 0 Å². The number of hydrogen-bond donors (Lipinski definition) is 3. The molecule has 0 saturated carbocycles. The summed E-state index contributed by atoms with van der Waals surface area (Å²) in [5, 5.41) is 19.5. The van der Waals surface area contributed by atoms with Crippen molar-refractivity contribution >= 4 is 24.8 Å². The normalized spacial score (nSPS) is 28.5. The van der Waals surface area contributed by atoms with E-state index in [1.165, 1.54) is 17.2 Å². The van der Waals surface area contributed by atoms with Gasteiger partial charge in [-0.05, 0) is 0 Å². The lowest BCUT2D eigenvalue weighted by Crippen LogP contribution is -2.38. The van der Waals surface area contributed by atoms with Crippen molar-refractivity contribution in [1.82, 2.24) is 19.5 Å². The number of phosphoric acid groups is 1. The van der Waals surface area contributed by atoms with Crippen molar-refractivity contribution < 1.29 is 33.8 Å². The number of anilines is 1. The molecule has 2 aromatic rings. The van der Waals surface area contributed by atoms with Gasteiger partial charge >= 0.3 is 0 Å². The Morgan fingerprint density at radius 1 is 1.43 bits per heavy atom. The van der Waals surface area contributed by atoms with Crippen LogP contribution in [0, 0.1) is 0 Å². The molecule has 126 valence electrons. The van der Waals surface area contributed by atoms with E-state index in [9.17, 15) is 24.6 Å². The maximum absolute atomic E-state index is 10.8. The molecule has 0 unspecified atom stereocenters. The zero-order valence-corrected chi connectivity index (χ0v) is 12.3. The topological polar surface area (TPSA) is 192 Å². The molecule has 23 heavy (non-hydrogen) atoms. The fourth-order valence-electron chi connectivity index (χ4n) is 2.43.